The van der Waals surface area contributed by atoms with Crippen molar-refractivity contribution < 1.29 is 9.59 Å². The molecule has 1 N–H and O–H groups in total. The van der Waals surface area contributed by atoms with Gasteiger partial charge in [0.15, 0.2) is 0 Å². The van der Waals surface area contributed by atoms with Gasteiger partial charge in [0.25, 0.3) is 11.8 Å². The van der Waals surface area contributed by atoms with Gasteiger partial charge in [-0.2, -0.15) is 0 Å². The van der Waals surface area contributed by atoms with Crippen LogP contribution in [0, 0.1) is 0 Å². The molecule has 0 radical (unpaired) electrons. The highest BCUT2D eigenvalue weighted by Gasteiger charge is 2.29. The normalized spacial score (nSPS) is 17.1. The van der Waals surface area contributed by atoms with Crippen LogP contribution in [0.2, 0.25) is 0 Å². The van der Waals surface area contributed by atoms with Crippen LogP contribution >= 0.6 is 11.3 Å². The second-order valence-corrected chi connectivity index (χ2v) is 8.42. The molecule has 2 aromatic rings. The Morgan fingerprint density at radius 3 is 2.59 bits per heavy atom. The Hall–Kier alpha value is -2.21. The molecule has 2 amide bonds. The smallest absolute Gasteiger partial charge is 0.257 e. The molecular formula is C21H25N3O2S. The van der Waals surface area contributed by atoms with Crippen molar-refractivity contribution in [1.82, 2.24) is 9.88 Å². The summed E-state index contributed by atoms with van der Waals surface area (Å²) in [5, 5.41) is 3.73. The van der Waals surface area contributed by atoms with Crippen LogP contribution in [-0.2, 0) is 12.8 Å². The van der Waals surface area contributed by atoms with Crippen molar-refractivity contribution in [3.05, 3.63) is 46.1 Å². The molecule has 0 saturated carbocycles. The number of pyridine rings is 1. The van der Waals surface area contributed by atoms with E-state index in [0.29, 0.717) is 10.6 Å². The van der Waals surface area contributed by atoms with E-state index in [1.54, 1.807) is 35.9 Å². The lowest BCUT2D eigenvalue weighted by Gasteiger charge is -2.27. The number of hydrogen-bond acceptors (Lipinski definition) is 4. The van der Waals surface area contributed by atoms with Gasteiger partial charge in [-0.05, 0) is 62.6 Å². The number of fused-ring (bicyclic) bond motifs is 1. The number of thiophene rings is 1. The predicted molar refractivity (Wildman–Crippen MR) is 108 cm³/mol. The summed E-state index contributed by atoms with van der Waals surface area (Å²) >= 11 is 1.59. The van der Waals surface area contributed by atoms with E-state index in [2.05, 4.69) is 10.3 Å². The first-order valence-corrected chi connectivity index (χ1v) is 10.7. The number of carbonyl (C=O) groups excluding carboxylic acids is 2. The molecule has 4 rings (SSSR count). The summed E-state index contributed by atoms with van der Waals surface area (Å²) in [6, 6.07) is 3.49. The Bertz CT molecular complexity index is 825. The molecule has 142 valence electrons. The first kappa shape index (κ1) is 18.2. The van der Waals surface area contributed by atoms with Crippen LogP contribution < -0.4 is 5.32 Å². The van der Waals surface area contributed by atoms with Crippen molar-refractivity contribution in [2.45, 2.75) is 51.4 Å². The lowest BCUT2D eigenvalue weighted by atomic mass is 10.0. The number of nitrogens with one attached hydrogen (secondary N) is 1. The first-order valence-electron chi connectivity index (χ1n) is 9.89. The quantitative estimate of drug-likeness (QED) is 0.804. The summed E-state index contributed by atoms with van der Waals surface area (Å²) in [5.74, 6) is -0.109. The number of hydrogen-bond donors (Lipinski definition) is 1. The maximum absolute atomic E-state index is 13.4. The third-order valence-corrected chi connectivity index (χ3v) is 6.64. The zero-order valence-electron chi connectivity index (χ0n) is 15.5. The molecule has 2 aromatic heterocycles. The molecule has 2 aliphatic rings. The van der Waals surface area contributed by atoms with Crippen LogP contribution in [0.1, 0.15) is 69.7 Å². The zero-order chi connectivity index (χ0) is 18.6. The molecule has 1 saturated heterocycles. The van der Waals surface area contributed by atoms with Crippen molar-refractivity contribution in [3.63, 3.8) is 0 Å². The van der Waals surface area contributed by atoms with E-state index in [0.717, 1.165) is 57.2 Å². The Morgan fingerprint density at radius 1 is 1.04 bits per heavy atom. The van der Waals surface area contributed by atoms with E-state index in [1.807, 2.05) is 4.90 Å². The molecule has 3 heterocycles. The second-order valence-electron chi connectivity index (χ2n) is 7.32. The summed E-state index contributed by atoms with van der Waals surface area (Å²) in [6.45, 7) is 1.64. The lowest BCUT2D eigenvalue weighted by molar-refractivity contribution is 0.0724. The number of anilines is 1. The van der Waals surface area contributed by atoms with E-state index >= 15 is 0 Å². The SMILES string of the molecule is O=C(Nc1sc2c(c1C(=O)N1CCCCC1)CCCCC2)c1cccnc1. The van der Waals surface area contributed by atoms with Crippen LogP contribution in [0.15, 0.2) is 24.5 Å². The minimum absolute atomic E-state index is 0.0931. The highest BCUT2D eigenvalue weighted by Crippen LogP contribution is 2.38. The third-order valence-electron chi connectivity index (χ3n) is 5.43. The minimum atomic E-state index is -0.202. The number of piperidine rings is 1. The number of amides is 2. The number of aromatic nitrogens is 1. The number of carbonyl (C=O) groups is 2. The van der Waals surface area contributed by atoms with Gasteiger partial charge in [0.1, 0.15) is 5.00 Å². The molecule has 5 nitrogen and oxygen atoms in total. The van der Waals surface area contributed by atoms with Gasteiger partial charge in [0.2, 0.25) is 0 Å². The van der Waals surface area contributed by atoms with Crippen molar-refractivity contribution in [1.29, 1.82) is 0 Å². The third kappa shape index (κ3) is 3.90. The second kappa shape index (κ2) is 8.21. The number of likely N-dealkylation sites (tertiary alicyclic amines) is 1. The molecule has 27 heavy (non-hydrogen) atoms. The minimum Gasteiger partial charge on any atom is -0.339 e. The van der Waals surface area contributed by atoms with Gasteiger partial charge in [0.05, 0.1) is 11.1 Å². The summed E-state index contributed by atoms with van der Waals surface area (Å²) in [6.07, 6.45) is 11.9. The summed E-state index contributed by atoms with van der Waals surface area (Å²) in [5.41, 5.74) is 2.43. The van der Waals surface area contributed by atoms with Crippen LogP contribution in [-0.4, -0.2) is 34.8 Å². The molecule has 1 aliphatic carbocycles. The summed E-state index contributed by atoms with van der Waals surface area (Å²) in [4.78, 5) is 33.3. The standard InChI is InChI=1S/C21H25N3O2S/c25-19(15-8-7-11-22-14-15)23-20-18(21(26)24-12-5-2-6-13-24)16-9-3-1-4-10-17(16)27-20/h7-8,11,14H,1-6,9-10,12-13H2,(H,23,25). The fourth-order valence-corrected chi connectivity index (χ4v) is 5.26. The van der Waals surface area contributed by atoms with Gasteiger partial charge in [-0.3, -0.25) is 14.6 Å². The Morgan fingerprint density at radius 2 is 1.81 bits per heavy atom. The Balaban J connectivity index is 1.67. The van der Waals surface area contributed by atoms with Crippen molar-refractivity contribution in [2.24, 2.45) is 0 Å². The first-order chi connectivity index (χ1) is 13.2. The van der Waals surface area contributed by atoms with Crippen molar-refractivity contribution in [3.8, 4) is 0 Å². The summed E-state index contributed by atoms with van der Waals surface area (Å²) < 4.78 is 0. The highest BCUT2D eigenvalue weighted by molar-refractivity contribution is 7.17. The number of rotatable bonds is 3. The topological polar surface area (TPSA) is 62.3 Å². The molecule has 0 atom stereocenters. The maximum Gasteiger partial charge on any atom is 0.257 e. The van der Waals surface area contributed by atoms with Gasteiger partial charge in [-0.1, -0.05) is 6.42 Å². The fraction of sp³-hybridized carbons (Fsp3) is 0.476. The molecular weight excluding hydrogens is 358 g/mol. The average molecular weight is 384 g/mol. The van der Waals surface area contributed by atoms with Crippen LogP contribution in [0.4, 0.5) is 5.00 Å². The zero-order valence-corrected chi connectivity index (χ0v) is 16.3. The van der Waals surface area contributed by atoms with Gasteiger partial charge < -0.3 is 10.2 Å². The van der Waals surface area contributed by atoms with Crippen molar-refractivity contribution in [2.75, 3.05) is 18.4 Å². The van der Waals surface area contributed by atoms with Gasteiger partial charge in [0, 0.05) is 30.4 Å². The Labute approximate surface area is 163 Å². The largest absolute Gasteiger partial charge is 0.339 e. The van der Waals surface area contributed by atoms with Gasteiger partial charge in [-0.25, -0.2) is 0 Å². The highest BCUT2D eigenvalue weighted by atomic mass is 32.1. The number of nitrogens with zero attached hydrogens (tertiary/aromatic N) is 2. The number of aryl methyl sites for hydroxylation is 1. The van der Waals surface area contributed by atoms with E-state index in [4.69, 9.17) is 0 Å². The lowest BCUT2D eigenvalue weighted by Crippen LogP contribution is -2.36. The Kier molecular flexibility index (Phi) is 5.53. The molecule has 1 fully saturated rings. The average Bonchev–Trinajstić information content (AvgIpc) is 2.89. The fourth-order valence-electron chi connectivity index (χ4n) is 3.98. The van der Waals surface area contributed by atoms with Crippen molar-refractivity contribution >= 4 is 28.2 Å². The van der Waals surface area contributed by atoms with Gasteiger partial charge >= 0.3 is 0 Å². The molecule has 0 spiro atoms. The molecule has 0 aromatic carbocycles. The molecule has 0 unspecified atom stereocenters. The summed E-state index contributed by atoms with van der Waals surface area (Å²) in [7, 11) is 0. The maximum atomic E-state index is 13.4. The van der Waals surface area contributed by atoms with Gasteiger partial charge in [-0.15, -0.1) is 11.3 Å². The van der Waals surface area contributed by atoms with E-state index in [9.17, 15) is 9.59 Å². The predicted octanol–water partition coefficient (Wildman–Crippen LogP) is 4.29. The van der Waals surface area contributed by atoms with Crippen LogP contribution in [0.25, 0.3) is 0 Å². The van der Waals surface area contributed by atoms with Crippen LogP contribution in [0.5, 0.6) is 0 Å². The molecule has 6 heteroatoms. The molecule has 1 aliphatic heterocycles. The molecule has 0 bridgehead atoms. The monoisotopic (exact) mass is 383 g/mol. The van der Waals surface area contributed by atoms with E-state index < -0.39 is 0 Å². The van der Waals surface area contributed by atoms with E-state index in [-0.39, 0.29) is 11.8 Å². The van der Waals surface area contributed by atoms with Crippen LogP contribution in [0.3, 0.4) is 0 Å². The van der Waals surface area contributed by atoms with E-state index in [1.165, 1.54) is 23.3 Å².